The lowest BCUT2D eigenvalue weighted by atomic mass is 10.1. The number of hydrogen-bond donors (Lipinski definition) is 3. The first kappa shape index (κ1) is 22.3. The Balaban J connectivity index is 1.49. The Labute approximate surface area is 192 Å². The first-order valence-corrected chi connectivity index (χ1v) is 11.0. The van der Waals surface area contributed by atoms with Crippen LogP contribution < -0.4 is 20.9 Å². The lowest BCUT2D eigenvalue weighted by molar-refractivity contribution is 0.0951. The highest BCUT2D eigenvalue weighted by molar-refractivity contribution is 6.04. The molecule has 0 aliphatic carbocycles. The third-order valence-corrected chi connectivity index (χ3v) is 5.62. The van der Waals surface area contributed by atoms with Gasteiger partial charge in [-0.15, -0.1) is 0 Å². The molecule has 3 aromatic carbocycles. The highest BCUT2D eigenvalue weighted by Crippen LogP contribution is 2.28. The summed E-state index contributed by atoms with van der Waals surface area (Å²) in [5.41, 5.74) is 4.45. The zero-order valence-corrected chi connectivity index (χ0v) is 18.5. The Morgan fingerprint density at radius 3 is 2.21 bits per heavy atom. The molecule has 1 aliphatic heterocycles. The summed E-state index contributed by atoms with van der Waals surface area (Å²) in [6, 6.07) is 18.5. The van der Waals surface area contributed by atoms with E-state index in [-0.39, 0.29) is 24.3 Å². The van der Waals surface area contributed by atoms with E-state index in [0.717, 1.165) is 42.7 Å². The van der Waals surface area contributed by atoms with Gasteiger partial charge in [-0.3, -0.25) is 4.79 Å². The first-order chi connectivity index (χ1) is 16.0. The van der Waals surface area contributed by atoms with Crippen molar-refractivity contribution in [1.29, 1.82) is 0 Å². The number of urea groups is 1. The van der Waals surface area contributed by atoms with Gasteiger partial charge in [-0.1, -0.05) is 29.8 Å². The molecule has 3 amide bonds. The van der Waals surface area contributed by atoms with Crippen molar-refractivity contribution in [1.82, 2.24) is 5.32 Å². The van der Waals surface area contributed by atoms with Gasteiger partial charge < -0.3 is 20.9 Å². The van der Waals surface area contributed by atoms with E-state index in [0.29, 0.717) is 16.9 Å². The second-order valence-corrected chi connectivity index (χ2v) is 8.18. The van der Waals surface area contributed by atoms with Crippen molar-refractivity contribution in [3.63, 3.8) is 0 Å². The predicted molar refractivity (Wildman–Crippen MR) is 129 cm³/mol. The Kier molecular flexibility index (Phi) is 6.88. The molecular formula is C26H27FN4O2. The molecule has 1 fully saturated rings. The number of amides is 3. The summed E-state index contributed by atoms with van der Waals surface area (Å²) in [6.07, 6.45) is 2.16. The van der Waals surface area contributed by atoms with Gasteiger partial charge in [0, 0.05) is 36.7 Å². The summed E-state index contributed by atoms with van der Waals surface area (Å²) in [5.74, 6) is -0.562. The fraction of sp³-hybridized carbons (Fsp3) is 0.231. The second-order valence-electron chi connectivity index (χ2n) is 8.18. The molecule has 0 radical (unpaired) electrons. The van der Waals surface area contributed by atoms with Gasteiger partial charge in [0.1, 0.15) is 5.82 Å². The number of benzene rings is 3. The number of nitrogens with one attached hydrogen (secondary N) is 3. The van der Waals surface area contributed by atoms with Crippen LogP contribution in [-0.4, -0.2) is 25.0 Å². The normalized spacial score (nSPS) is 13.0. The van der Waals surface area contributed by atoms with E-state index in [2.05, 4.69) is 20.9 Å². The average molecular weight is 447 g/mol. The van der Waals surface area contributed by atoms with Gasteiger partial charge in [0.2, 0.25) is 0 Å². The van der Waals surface area contributed by atoms with Crippen molar-refractivity contribution >= 4 is 29.0 Å². The minimum atomic E-state index is -0.384. The van der Waals surface area contributed by atoms with Gasteiger partial charge >= 0.3 is 6.03 Å². The molecule has 0 unspecified atom stereocenters. The van der Waals surface area contributed by atoms with Crippen LogP contribution in [0.1, 0.15) is 34.3 Å². The molecule has 0 saturated carbocycles. The van der Waals surface area contributed by atoms with Crippen molar-refractivity contribution in [2.75, 3.05) is 28.6 Å². The molecule has 3 aromatic rings. The smallest absolute Gasteiger partial charge is 0.323 e. The summed E-state index contributed by atoms with van der Waals surface area (Å²) >= 11 is 0. The number of rotatable bonds is 6. The summed E-state index contributed by atoms with van der Waals surface area (Å²) in [5, 5.41) is 8.51. The van der Waals surface area contributed by atoms with Crippen LogP contribution in [0.2, 0.25) is 0 Å². The van der Waals surface area contributed by atoms with E-state index >= 15 is 0 Å². The van der Waals surface area contributed by atoms with Gasteiger partial charge in [0.15, 0.2) is 0 Å². The Bertz CT molecular complexity index is 1120. The van der Waals surface area contributed by atoms with Crippen LogP contribution in [0.15, 0.2) is 66.7 Å². The maximum atomic E-state index is 13.1. The molecule has 6 nitrogen and oxygen atoms in total. The highest BCUT2D eigenvalue weighted by atomic mass is 19.1. The van der Waals surface area contributed by atoms with Crippen LogP contribution in [0.5, 0.6) is 0 Å². The molecule has 1 saturated heterocycles. The van der Waals surface area contributed by atoms with Gasteiger partial charge in [0.05, 0.1) is 5.56 Å². The van der Waals surface area contributed by atoms with Crippen LogP contribution in [0.25, 0.3) is 0 Å². The number of nitrogens with zero attached hydrogens (tertiary/aromatic N) is 1. The van der Waals surface area contributed by atoms with Crippen molar-refractivity contribution in [3.8, 4) is 0 Å². The number of aryl methyl sites for hydroxylation is 1. The Morgan fingerprint density at radius 1 is 0.879 bits per heavy atom. The molecule has 0 bridgehead atoms. The van der Waals surface area contributed by atoms with E-state index < -0.39 is 0 Å². The second kappa shape index (κ2) is 10.2. The predicted octanol–water partition coefficient (Wildman–Crippen LogP) is 5.31. The topological polar surface area (TPSA) is 73.5 Å². The van der Waals surface area contributed by atoms with Crippen molar-refractivity contribution in [2.24, 2.45) is 0 Å². The summed E-state index contributed by atoms with van der Waals surface area (Å²) in [7, 11) is 0. The Morgan fingerprint density at radius 2 is 1.52 bits per heavy atom. The molecule has 0 aromatic heterocycles. The minimum Gasteiger partial charge on any atom is -0.371 e. The maximum absolute atomic E-state index is 13.1. The quantitative estimate of drug-likeness (QED) is 0.481. The molecule has 0 spiro atoms. The van der Waals surface area contributed by atoms with E-state index in [1.165, 1.54) is 12.1 Å². The molecule has 33 heavy (non-hydrogen) atoms. The monoisotopic (exact) mass is 446 g/mol. The van der Waals surface area contributed by atoms with Crippen molar-refractivity contribution in [2.45, 2.75) is 26.3 Å². The summed E-state index contributed by atoms with van der Waals surface area (Å²) < 4.78 is 13.1. The number of anilines is 3. The number of carbonyl (C=O) groups excluding carboxylic acids is 2. The third kappa shape index (κ3) is 5.88. The van der Waals surface area contributed by atoms with Crippen LogP contribution >= 0.6 is 0 Å². The fourth-order valence-electron chi connectivity index (χ4n) is 3.84. The van der Waals surface area contributed by atoms with Gasteiger partial charge in [-0.25, -0.2) is 9.18 Å². The van der Waals surface area contributed by atoms with Crippen LogP contribution in [-0.2, 0) is 6.54 Å². The third-order valence-electron chi connectivity index (χ3n) is 5.62. The molecule has 170 valence electrons. The summed E-state index contributed by atoms with van der Waals surface area (Å²) in [6.45, 7) is 4.04. The van der Waals surface area contributed by atoms with Crippen LogP contribution in [0.4, 0.5) is 26.2 Å². The zero-order chi connectivity index (χ0) is 23.2. The maximum Gasteiger partial charge on any atom is 0.323 e. The fourth-order valence-corrected chi connectivity index (χ4v) is 3.84. The van der Waals surface area contributed by atoms with Gasteiger partial charge in [-0.05, 0) is 67.8 Å². The molecule has 0 atom stereocenters. The zero-order valence-electron chi connectivity index (χ0n) is 18.5. The molecule has 7 heteroatoms. The largest absolute Gasteiger partial charge is 0.371 e. The lowest BCUT2D eigenvalue weighted by Crippen LogP contribution is -2.27. The van der Waals surface area contributed by atoms with Gasteiger partial charge in [-0.2, -0.15) is 0 Å². The van der Waals surface area contributed by atoms with Gasteiger partial charge in [0.25, 0.3) is 5.91 Å². The van der Waals surface area contributed by atoms with E-state index in [1.807, 2.05) is 37.3 Å². The molecular weight excluding hydrogens is 419 g/mol. The van der Waals surface area contributed by atoms with Crippen molar-refractivity contribution < 1.29 is 14.0 Å². The SMILES string of the molecule is Cc1ccc(NC(=O)Nc2ccc(N3CCCC3)c(C(=O)NCc3ccc(F)cc3)c2)cc1. The van der Waals surface area contributed by atoms with E-state index in [9.17, 15) is 14.0 Å². The molecule has 3 N–H and O–H groups in total. The lowest BCUT2D eigenvalue weighted by Gasteiger charge is -2.22. The number of carbonyl (C=O) groups is 2. The van der Waals surface area contributed by atoms with E-state index in [1.54, 1.807) is 24.3 Å². The molecule has 1 aliphatic rings. The molecule has 4 rings (SSSR count). The molecule has 1 heterocycles. The number of hydrogen-bond acceptors (Lipinski definition) is 3. The number of halogens is 1. The van der Waals surface area contributed by atoms with Crippen LogP contribution in [0.3, 0.4) is 0 Å². The summed E-state index contributed by atoms with van der Waals surface area (Å²) in [4.78, 5) is 27.7. The van der Waals surface area contributed by atoms with Crippen molar-refractivity contribution in [3.05, 3.63) is 89.2 Å². The van der Waals surface area contributed by atoms with Crippen LogP contribution in [0, 0.1) is 12.7 Å². The first-order valence-electron chi connectivity index (χ1n) is 11.0. The highest BCUT2D eigenvalue weighted by Gasteiger charge is 2.20. The van der Waals surface area contributed by atoms with E-state index in [4.69, 9.17) is 0 Å². The minimum absolute atomic E-state index is 0.246. The standard InChI is InChI=1S/C26H27FN4O2/c1-18-4-10-21(11-5-18)29-26(33)30-22-12-13-24(31-14-2-3-15-31)23(16-22)25(32)28-17-19-6-8-20(27)9-7-19/h4-13,16H,2-3,14-15,17H2,1H3,(H,28,32)(H2,29,30,33). The Hall–Kier alpha value is -3.87. The average Bonchev–Trinajstić information content (AvgIpc) is 3.35.